The number of carbonyl (C=O) groups excluding carboxylic acids is 1. The summed E-state index contributed by atoms with van der Waals surface area (Å²) in [5, 5.41) is 9.35. The molecule has 2 aromatic carbocycles. The van der Waals surface area contributed by atoms with E-state index in [-0.39, 0.29) is 5.91 Å². The molecule has 0 aliphatic carbocycles. The number of hydrogen-bond donors (Lipinski definition) is 0. The lowest BCUT2D eigenvalue weighted by Crippen LogP contribution is -2.27. The van der Waals surface area contributed by atoms with E-state index in [0.29, 0.717) is 18.8 Å². The predicted molar refractivity (Wildman–Crippen MR) is 119 cm³/mol. The Morgan fingerprint density at radius 1 is 1.10 bits per heavy atom. The molecule has 1 aromatic heterocycles. The Labute approximate surface area is 176 Å². The number of aromatic nitrogens is 3. The topological polar surface area (TPSA) is 51.0 Å². The van der Waals surface area contributed by atoms with E-state index in [1.165, 1.54) is 17.3 Å². The van der Waals surface area contributed by atoms with Crippen LogP contribution < -0.4 is 0 Å². The zero-order valence-electron chi connectivity index (χ0n) is 16.9. The van der Waals surface area contributed by atoms with Crippen LogP contribution in [0.15, 0.2) is 72.4 Å². The molecule has 0 spiro atoms. The van der Waals surface area contributed by atoms with Gasteiger partial charge in [0.2, 0.25) is 5.91 Å². The van der Waals surface area contributed by atoms with Crippen molar-refractivity contribution in [3.05, 3.63) is 78.4 Å². The van der Waals surface area contributed by atoms with E-state index in [1.807, 2.05) is 48.0 Å². The smallest absolute Gasteiger partial charge is 0.233 e. The van der Waals surface area contributed by atoms with Crippen molar-refractivity contribution in [2.24, 2.45) is 0 Å². The zero-order valence-corrected chi connectivity index (χ0v) is 17.7. The first-order valence-electron chi connectivity index (χ1n) is 9.66. The van der Waals surface area contributed by atoms with Gasteiger partial charge in [0.05, 0.1) is 5.75 Å². The van der Waals surface area contributed by atoms with Gasteiger partial charge in [0, 0.05) is 25.7 Å². The van der Waals surface area contributed by atoms with Gasteiger partial charge in [-0.15, -0.1) is 16.8 Å². The van der Waals surface area contributed by atoms with Crippen LogP contribution in [0.25, 0.3) is 11.4 Å². The van der Waals surface area contributed by atoms with Crippen molar-refractivity contribution in [3.8, 4) is 11.4 Å². The summed E-state index contributed by atoms with van der Waals surface area (Å²) in [6.45, 7) is 7.15. The average molecular weight is 407 g/mol. The Balaban J connectivity index is 1.64. The third-order valence-corrected chi connectivity index (χ3v) is 5.61. The molecule has 0 saturated heterocycles. The summed E-state index contributed by atoms with van der Waals surface area (Å²) in [6.07, 6.45) is 2.83. The van der Waals surface area contributed by atoms with Crippen molar-refractivity contribution >= 4 is 17.7 Å². The summed E-state index contributed by atoms with van der Waals surface area (Å²) in [7, 11) is 1.83. The van der Waals surface area contributed by atoms with Gasteiger partial charge in [-0.1, -0.05) is 79.4 Å². The summed E-state index contributed by atoms with van der Waals surface area (Å²) < 4.78 is 1.99. The number of allylic oxidation sites excluding steroid dienone is 1. The highest BCUT2D eigenvalue weighted by atomic mass is 32.2. The van der Waals surface area contributed by atoms with Crippen molar-refractivity contribution in [2.45, 2.75) is 31.6 Å². The SMILES string of the molecule is C=CCn1c(SCC(=O)N(C)Cc2ccc(CC)cc2)nnc1-c1ccccc1. The Hall–Kier alpha value is -2.86. The van der Waals surface area contributed by atoms with Crippen molar-refractivity contribution in [3.63, 3.8) is 0 Å². The number of thioether (sulfide) groups is 1. The molecule has 0 N–H and O–H groups in total. The molecule has 3 rings (SSSR count). The van der Waals surface area contributed by atoms with Crippen LogP contribution in [0, 0.1) is 0 Å². The minimum absolute atomic E-state index is 0.0592. The minimum atomic E-state index is 0.0592. The number of rotatable bonds is 9. The molecule has 0 unspecified atom stereocenters. The van der Waals surface area contributed by atoms with Gasteiger partial charge in [0.25, 0.3) is 0 Å². The maximum atomic E-state index is 12.6. The third kappa shape index (κ3) is 5.35. The molecule has 1 heterocycles. The van der Waals surface area contributed by atoms with Gasteiger partial charge >= 0.3 is 0 Å². The molecule has 0 radical (unpaired) electrons. The van der Waals surface area contributed by atoms with Crippen molar-refractivity contribution < 1.29 is 4.79 Å². The van der Waals surface area contributed by atoms with Gasteiger partial charge < -0.3 is 4.90 Å². The first-order chi connectivity index (χ1) is 14.1. The van der Waals surface area contributed by atoms with E-state index in [9.17, 15) is 4.79 Å². The summed E-state index contributed by atoms with van der Waals surface area (Å²) in [6, 6.07) is 18.3. The summed E-state index contributed by atoms with van der Waals surface area (Å²) in [5.74, 6) is 1.15. The lowest BCUT2D eigenvalue weighted by molar-refractivity contribution is -0.127. The molecule has 6 heteroatoms. The fourth-order valence-electron chi connectivity index (χ4n) is 2.97. The highest BCUT2D eigenvalue weighted by Crippen LogP contribution is 2.24. The molecular weight excluding hydrogens is 380 g/mol. The minimum Gasteiger partial charge on any atom is -0.341 e. The average Bonchev–Trinajstić information content (AvgIpc) is 3.16. The van der Waals surface area contributed by atoms with Crippen LogP contribution in [-0.4, -0.2) is 38.4 Å². The van der Waals surface area contributed by atoms with Gasteiger partial charge in [-0.05, 0) is 17.5 Å². The van der Waals surface area contributed by atoms with E-state index in [4.69, 9.17) is 0 Å². The van der Waals surface area contributed by atoms with Crippen LogP contribution in [0.2, 0.25) is 0 Å². The molecule has 29 heavy (non-hydrogen) atoms. The van der Waals surface area contributed by atoms with Crippen molar-refractivity contribution in [1.29, 1.82) is 0 Å². The van der Waals surface area contributed by atoms with Crippen LogP contribution in [0.3, 0.4) is 0 Å². The number of benzene rings is 2. The summed E-state index contributed by atoms with van der Waals surface area (Å²) in [5.41, 5.74) is 3.42. The number of carbonyl (C=O) groups is 1. The number of amides is 1. The second-order valence-electron chi connectivity index (χ2n) is 6.78. The van der Waals surface area contributed by atoms with E-state index in [0.717, 1.165) is 28.5 Å². The number of nitrogens with zero attached hydrogens (tertiary/aromatic N) is 4. The summed E-state index contributed by atoms with van der Waals surface area (Å²) >= 11 is 1.41. The van der Waals surface area contributed by atoms with Gasteiger partial charge in [-0.25, -0.2) is 0 Å². The molecule has 0 bridgehead atoms. The predicted octanol–water partition coefficient (Wildman–Crippen LogP) is 4.44. The second-order valence-corrected chi connectivity index (χ2v) is 7.72. The third-order valence-electron chi connectivity index (χ3n) is 4.66. The largest absolute Gasteiger partial charge is 0.341 e. The maximum absolute atomic E-state index is 12.6. The van der Waals surface area contributed by atoms with Gasteiger partial charge in [0.15, 0.2) is 11.0 Å². The molecular formula is C23H26N4OS. The van der Waals surface area contributed by atoms with Gasteiger partial charge in [-0.2, -0.15) is 0 Å². The number of hydrogen-bond acceptors (Lipinski definition) is 4. The van der Waals surface area contributed by atoms with E-state index in [1.54, 1.807) is 4.90 Å². The van der Waals surface area contributed by atoms with Crippen molar-refractivity contribution in [1.82, 2.24) is 19.7 Å². The number of aryl methyl sites for hydroxylation is 1. The molecule has 0 saturated carbocycles. The normalized spacial score (nSPS) is 10.7. The van der Waals surface area contributed by atoms with E-state index >= 15 is 0 Å². The molecule has 0 aliphatic rings. The second kappa shape index (κ2) is 10.1. The van der Waals surface area contributed by atoms with Crippen LogP contribution in [0.5, 0.6) is 0 Å². The molecule has 5 nitrogen and oxygen atoms in total. The quantitative estimate of drug-likeness (QED) is 0.389. The van der Waals surface area contributed by atoms with Crippen LogP contribution >= 0.6 is 11.8 Å². The van der Waals surface area contributed by atoms with E-state index < -0.39 is 0 Å². The fourth-order valence-corrected chi connectivity index (χ4v) is 3.86. The van der Waals surface area contributed by atoms with E-state index in [2.05, 4.69) is 48.0 Å². The highest BCUT2D eigenvalue weighted by Gasteiger charge is 2.16. The lowest BCUT2D eigenvalue weighted by atomic mass is 10.1. The van der Waals surface area contributed by atoms with Crippen LogP contribution in [0.1, 0.15) is 18.1 Å². The molecule has 3 aromatic rings. The Kier molecular flexibility index (Phi) is 7.25. The molecule has 1 amide bonds. The standard InChI is InChI=1S/C23H26N4OS/c1-4-15-27-22(20-9-7-6-8-10-20)24-25-23(27)29-17-21(28)26(3)16-19-13-11-18(5-2)12-14-19/h4,6-14H,1,5,15-17H2,2-3H3. The van der Waals surface area contributed by atoms with Gasteiger partial charge in [0.1, 0.15) is 0 Å². The monoisotopic (exact) mass is 406 g/mol. The molecule has 0 aliphatic heterocycles. The first-order valence-corrected chi connectivity index (χ1v) is 10.6. The Bertz CT molecular complexity index is 951. The van der Waals surface area contributed by atoms with Crippen LogP contribution in [-0.2, 0) is 24.3 Å². The molecule has 0 atom stereocenters. The molecule has 0 fully saturated rings. The zero-order chi connectivity index (χ0) is 20.6. The lowest BCUT2D eigenvalue weighted by Gasteiger charge is -2.17. The Morgan fingerprint density at radius 2 is 1.79 bits per heavy atom. The van der Waals surface area contributed by atoms with Gasteiger partial charge in [-0.3, -0.25) is 9.36 Å². The Morgan fingerprint density at radius 3 is 2.45 bits per heavy atom. The fraction of sp³-hybridized carbons (Fsp3) is 0.261. The maximum Gasteiger partial charge on any atom is 0.233 e. The first kappa shape index (κ1) is 20.9. The van der Waals surface area contributed by atoms with Crippen molar-refractivity contribution in [2.75, 3.05) is 12.8 Å². The molecule has 150 valence electrons. The highest BCUT2D eigenvalue weighted by molar-refractivity contribution is 7.99. The summed E-state index contributed by atoms with van der Waals surface area (Å²) in [4.78, 5) is 14.4. The van der Waals surface area contributed by atoms with Crippen LogP contribution in [0.4, 0.5) is 0 Å².